The molecule has 2 heteroatoms. The van der Waals surface area contributed by atoms with Gasteiger partial charge < -0.3 is 5.73 Å². The fourth-order valence-electron chi connectivity index (χ4n) is 2.52. The number of benzene rings is 1. The lowest BCUT2D eigenvalue weighted by molar-refractivity contribution is 0.570. The van der Waals surface area contributed by atoms with Crippen molar-refractivity contribution in [3.63, 3.8) is 0 Å². The Bertz CT molecular complexity index is 475. The number of nitrogens with two attached hydrogens (primary N) is 1. The zero-order valence-corrected chi connectivity index (χ0v) is 8.03. The van der Waals surface area contributed by atoms with Crippen LogP contribution in [0.2, 0.25) is 0 Å². The zero-order chi connectivity index (χ0) is 9.54. The summed E-state index contributed by atoms with van der Waals surface area (Å²) in [6.45, 7) is 0. The van der Waals surface area contributed by atoms with Crippen LogP contribution in [0.15, 0.2) is 24.3 Å². The SMILES string of the molecule is NC1CC2=c3ccccc3=CCC2N1. The van der Waals surface area contributed by atoms with E-state index in [2.05, 4.69) is 35.7 Å². The molecule has 0 bridgehead atoms. The molecule has 2 unspecified atom stereocenters. The van der Waals surface area contributed by atoms with Crippen LogP contribution < -0.4 is 21.5 Å². The standard InChI is InChI=1S/C12H14N2/c13-12-7-10-9-4-2-1-3-8(9)5-6-11(10)14-12/h1-5,11-12,14H,6-7,13H2. The monoisotopic (exact) mass is 186 g/mol. The van der Waals surface area contributed by atoms with E-state index in [-0.39, 0.29) is 6.17 Å². The van der Waals surface area contributed by atoms with Gasteiger partial charge in [-0.3, -0.25) is 5.32 Å². The lowest BCUT2D eigenvalue weighted by Gasteiger charge is -2.14. The maximum absolute atomic E-state index is 5.91. The highest BCUT2D eigenvalue weighted by Gasteiger charge is 2.26. The van der Waals surface area contributed by atoms with Crippen LogP contribution >= 0.6 is 0 Å². The van der Waals surface area contributed by atoms with E-state index in [0.29, 0.717) is 6.04 Å². The van der Waals surface area contributed by atoms with Crippen molar-refractivity contribution in [2.24, 2.45) is 5.73 Å². The van der Waals surface area contributed by atoms with E-state index in [1.165, 1.54) is 16.0 Å². The topological polar surface area (TPSA) is 38.0 Å². The molecule has 3 rings (SSSR count). The van der Waals surface area contributed by atoms with Gasteiger partial charge in [0, 0.05) is 6.04 Å². The van der Waals surface area contributed by atoms with Crippen LogP contribution in [0.1, 0.15) is 12.8 Å². The minimum absolute atomic E-state index is 0.148. The van der Waals surface area contributed by atoms with E-state index in [0.717, 1.165) is 12.8 Å². The molecule has 1 heterocycles. The number of nitrogens with one attached hydrogen (secondary N) is 1. The molecule has 0 saturated carbocycles. The first-order valence-electron chi connectivity index (χ1n) is 5.14. The highest BCUT2D eigenvalue weighted by molar-refractivity contribution is 5.59. The number of hydrogen-bond donors (Lipinski definition) is 2. The molecule has 3 N–H and O–H groups in total. The molecule has 0 amide bonds. The molecule has 1 aliphatic heterocycles. The van der Waals surface area contributed by atoms with Crippen molar-refractivity contribution in [3.8, 4) is 0 Å². The van der Waals surface area contributed by atoms with E-state index >= 15 is 0 Å². The van der Waals surface area contributed by atoms with Crippen molar-refractivity contribution in [2.75, 3.05) is 0 Å². The van der Waals surface area contributed by atoms with Crippen LogP contribution in [0, 0.1) is 0 Å². The summed E-state index contributed by atoms with van der Waals surface area (Å²) in [6.07, 6.45) is 4.53. The Kier molecular flexibility index (Phi) is 1.72. The van der Waals surface area contributed by atoms with Gasteiger partial charge in [-0.25, -0.2) is 0 Å². The lowest BCUT2D eigenvalue weighted by atomic mass is 9.96. The third kappa shape index (κ3) is 1.11. The van der Waals surface area contributed by atoms with Gasteiger partial charge in [-0.1, -0.05) is 30.3 Å². The van der Waals surface area contributed by atoms with Gasteiger partial charge in [0.2, 0.25) is 0 Å². The molecule has 1 saturated heterocycles. The predicted molar refractivity (Wildman–Crippen MR) is 57.7 cm³/mol. The van der Waals surface area contributed by atoms with Crippen LogP contribution in [0.4, 0.5) is 0 Å². The zero-order valence-electron chi connectivity index (χ0n) is 8.03. The van der Waals surface area contributed by atoms with E-state index in [9.17, 15) is 0 Å². The summed E-state index contributed by atoms with van der Waals surface area (Å²) < 4.78 is 0. The first kappa shape index (κ1) is 8.21. The molecule has 2 nitrogen and oxygen atoms in total. The fourth-order valence-corrected chi connectivity index (χ4v) is 2.52. The third-order valence-corrected chi connectivity index (χ3v) is 3.16. The molecule has 2 aliphatic rings. The van der Waals surface area contributed by atoms with Crippen LogP contribution in [0.25, 0.3) is 11.6 Å². The summed E-state index contributed by atoms with van der Waals surface area (Å²) in [5, 5.41) is 6.17. The van der Waals surface area contributed by atoms with Crippen molar-refractivity contribution in [2.45, 2.75) is 25.0 Å². The molecule has 0 radical (unpaired) electrons. The summed E-state index contributed by atoms with van der Waals surface area (Å²) in [6, 6.07) is 9.07. The van der Waals surface area contributed by atoms with Crippen molar-refractivity contribution in [1.29, 1.82) is 0 Å². The first-order chi connectivity index (χ1) is 6.84. The van der Waals surface area contributed by atoms with Gasteiger partial charge in [0.1, 0.15) is 0 Å². The Hall–Kier alpha value is -1.12. The molecule has 1 aliphatic carbocycles. The third-order valence-electron chi connectivity index (χ3n) is 3.16. The normalized spacial score (nSPS) is 29.4. The van der Waals surface area contributed by atoms with Gasteiger partial charge in [-0.2, -0.15) is 0 Å². The van der Waals surface area contributed by atoms with Gasteiger partial charge in [0.15, 0.2) is 0 Å². The number of hydrogen-bond acceptors (Lipinski definition) is 2. The first-order valence-corrected chi connectivity index (χ1v) is 5.14. The molecule has 0 spiro atoms. The molecule has 72 valence electrons. The Labute approximate surface area is 83.1 Å². The van der Waals surface area contributed by atoms with Crippen molar-refractivity contribution in [3.05, 3.63) is 34.7 Å². The number of fused-ring (bicyclic) bond motifs is 2. The summed E-state index contributed by atoms with van der Waals surface area (Å²) in [4.78, 5) is 0. The van der Waals surface area contributed by atoms with Crippen LogP contribution in [0.3, 0.4) is 0 Å². The molecule has 1 aromatic rings. The quantitative estimate of drug-likeness (QED) is 0.582. The summed E-state index contributed by atoms with van der Waals surface area (Å²) in [5.41, 5.74) is 7.40. The smallest absolute Gasteiger partial charge is 0.0590 e. The van der Waals surface area contributed by atoms with Crippen LogP contribution in [-0.2, 0) is 0 Å². The maximum atomic E-state index is 5.91. The van der Waals surface area contributed by atoms with E-state index in [4.69, 9.17) is 5.73 Å². The largest absolute Gasteiger partial charge is 0.316 e. The minimum Gasteiger partial charge on any atom is -0.316 e. The van der Waals surface area contributed by atoms with Crippen molar-refractivity contribution < 1.29 is 0 Å². The van der Waals surface area contributed by atoms with E-state index < -0.39 is 0 Å². The molecule has 14 heavy (non-hydrogen) atoms. The molecular weight excluding hydrogens is 172 g/mol. The predicted octanol–water partition coefficient (Wildman–Crippen LogP) is -0.332. The second kappa shape index (κ2) is 2.94. The number of rotatable bonds is 0. The molecule has 1 fully saturated rings. The van der Waals surface area contributed by atoms with Crippen LogP contribution in [-0.4, -0.2) is 12.2 Å². The van der Waals surface area contributed by atoms with Gasteiger partial charge in [-0.15, -0.1) is 0 Å². The Morgan fingerprint density at radius 3 is 3.07 bits per heavy atom. The van der Waals surface area contributed by atoms with Crippen molar-refractivity contribution >= 4 is 11.6 Å². The Morgan fingerprint density at radius 2 is 2.14 bits per heavy atom. The summed E-state index contributed by atoms with van der Waals surface area (Å²) >= 11 is 0. The molecular formula is C12H14N2. The Balaban J connectivity index is 2.29. The molecule has 2 atom stereocenters. The molecule has 0 aromatic heterocycles. The second-order valence-corrected chi connectivity index (χ2v) is 4.08. The summed E-state index contributed by atoms with van der Waals surface area (Å²) in [5.74, 6) is 0. The molecule has 1 aromatic carbocycles. The highest BCUT2D eigenvalue weighted by Crippen LogP contribution is 2.21. The van der Waals surface area contributed by atoms with Crippen molar-refractivity contribution in [1.82, 2.24) is 5.32 Å². The maximum Gasteiger partial charge on any atom is 0.0590 e. The lowest BCUT2D eigenvalue weighted by Crippen LogP contribution is -2.39. The average Bonchev–Trinajstić information content (AvgIpc) is 2.59. The summed E-state index contributed by atoms with van der Waals surface area (Å²) in [7, 11) is 0. The van der Waals surface area contributed by atoms with Gasteiger partial charge in [-0.05, 0) is 28.9 Å². The minimum atomic E-state index is 0.148. The van der Waals surface area contributed by atoms with Gasteiger partial charge >= 0.3 is 0 Å². The van der Waals surface area contributed by atoms with Gasteiger partial charge in [0.25, 0.3) is 0 Å². The van der Waals surface area contributed by atoms with E-state index in [1.54, 1.807) is 0 Å². The highest BCUT2D eigenvalue weighted by atomic mass is 15.1. The van der Waals surface area contributed by atoms with Crippen LogP contribution in [0.5, 0.6) is 0 Å². The average molecular weight is 186 g/mol. The Morgan fingerprint density at radius 1 is 1.29 bits per heavy atom. The fraction of sp³-hybridized carbons (Fsp3) is 0.333. The second-order valence-electron chi connectivity index (χ2n) is 4.08. The van der Waals surface area contributed by atoms with E-state index in [1.807, 2.05) is 0 Å². The van der Waals surface area contributed by atoms with Gasteiger partial charge in [0.05, 0.1) is 6.17 Å².